The van der Waals surface area contributed by atoms with E-state index >= 15 is 0 Å². The first-order valence-electron chi connectivity index (χ1n) is 6.94. The first kappa shape index (κ1) is 14.3. The summed E-state index contributed by atoms with van der Waals surface area (Å²) in [6, 6.07) is 16.1. The van der Waals surface area contributed by atoms with E-state index in [4.69, 9.17) is 0 Å². The number of nitrogens with one attached hydrogen (secondary N) is 1. The Morgan fingerprint density at radius 2 is 1.90 bits per heavy atom. The van der Waals surface area contributed by atoms with E-state index in [-0.39, 0.29) is 6.61 Å². The van der Waals surface area contributed by atoms with Crippen LogP contribution in [0.3, 0.4) is 0 Å². The summed E-state index contributed by atoms with van der Waals surface area (Å²) >= 11 is 0. The maximum Gasteiger partial charge on any atom is 0.131 e. The third-order valence-electron chi connectivity index (χ3n) is 3.00. The Morgan fingerprint density at radius 1 is 1.10 bits per heavy atom. The average Bonchev–Trinajstić information content (AvgIpc) is 2.49. The maximum atomic E-state index is 9.26. The molecule has 0 aliphatic carbocycles. The zero-order chi connectivity index (χ0) is 14.2. The highest BCUT2D eigenvalue weighted by Gasteiger charge is 2.08. The van der Waals surface area contributed by atoms with Crippen molar-refractivity contribution in [1.29, 1.82) is 0 Å². The Balaban J connectivity index is 2.17. The minimum atomic E-state index is 0.111. The van der Waals surface area contributed by atoms with Gasteiger partial charge in [0.2, 0.25) is 0 Å². The molecule has 2 N–H and O–H groups in total. The molecule has 0 amide bonds. The second-order valence-corrected chi connectivity index (χ2v) is 4.54. The van der Waals surface area contributed by atoms with Gasteiger partial charge in [-0.2, -0.15) is 0 Å². The number of benzene rings is 1. The van der Waals surface area contributed by atoms with Gasteiger partial charge in [0.05, 0.1) is 6.61 Å². The van der Waals surface area contributed by atoms with Crippen LogP contribution in [0.2, 0.25) is 0 Å². The van der Waals surface area contributed by atoms with Gasteiger partial charge in [0.1, 0.15) is 11.6 Å². The Bertz CT molecular complexity index is 516. The van der Waals surface area contributed by atoms with Crippen molar-refractivity contribution in [2.45, 2.75) is 13.5 Å². The Morgan fingerprint density at radius 3 is 2.60 bits per heavy atom. The number of aliphatic hydroxyl groups excluding tert-OH is 1. The molecular weight excluding hydrogens is 250 g/mol. The van der Waals surface area contributed by atoms with E-state index in [0.717, 1.165) is 24.7 Å². The van der Waals surface area contributed by atoms with Gasteiger partial charge in [-0.3, -0.25) is 0 Å². The monoisotopic (exact) mass is 271 g/mol. The molecule has 2 rings (SSSR count). The molecule has 106 valence electrons. The van der Waals surface area contributed by atoms with Crippen molar-refractivity contribution < 1.29 is 5.11 Å². The fraction of sp³-hybridized carbons (Fsp3) is 0.312. The third-order valence-corrected chi connectivity index (χ3v) is 3.00. The molecule has 0 fully saturated rings. The number of aliphatic hydroxyl groups is 1. The zero-order valence-electron chi connectivity index (χ0n) is 11.8. The molecular formula is C16H21N3O. The van der Waals surface area contributed by atoms with E-state index in [0.29, 0.717) is 6.54 Å². The minimum Gasteiger partial charge on any atom is -0.395 e. The Labute approximate surface area is 120 Å². The lowest BCUT2D eigenvalue weighted by Crippen LogP contribution is -2.27. The number of aromatic nitrogens is 1. The second-order valence-electron chi connectivity index (χ2n) is 4.54. The molecule has 4 nitrogen and oxygen atoms in total. The summed E-state index contributed by atoms with van der Waals surface area (Å²) in [5.41, 5.74) is 1.21. The van der Waals surface area contributed by atoms with Crippen LogP contribution in [0.5, 0.6) is 0 Å². The Hall–Kier alpha value is -2.07. The van der Waals surface area contributed by atoms with Crippen LogP contribution in [0.4, 0.5) is 11.6 Å². The fourth-order valence-electron chi connectivity index (χ4n) is 2.08. The van der Waals surface area contributed by atoms with Crippen LogP contribution in [0.15, 0.2) is 48.5 Å². The second kappa shape index (κ2) is 7.50. The molecule has 0 atom stereocenters. The summed E-state index contributed by atoms with van der Waals surface area (Å²) in [5.74, 6) is 1.74. The smallest absolute Gasteiger partial charge is 0.131 e. The van der Waals surface area contributed by atoms with Crippen LogP contribution < -0.4 is 10.2 Å². The standard InChI is InChI=1S/C16H21N3O/c1-2-17-15-9-6-10-16(18-15)19(11-12-20)13-14-7-4-3-5-8-14/h3-10,20H,2,11-13H2,1H3,(H,17,18). The number of hydrogen-bond acceptors (Lipinski definition) is 4. The topological polar surface area (TPSA) is 48.4 Å². The molecule has 0 bridgehead atoms. The number of anilines is 2. The summed E-state index contributed by atoms with van der Waals surface area (Å²) in [5, 5.41) is 12.5. The lowest BCUT2D eigenvalue weighted by atomic mass is 10.2. The molecule has 0 aliphatic rings. The van der Waals surface area contributed by atoms with Gasteiger partial charge >= 0.3 is 0 Å². The lowest BCUT2D eigenvalue weighted by molar-refractivity contribution is 0.301. The van der Waals surface area contributed by atoms with Gasteiger partial charge in [-0.25, -0.2) is 4.98 Å². The van der Waals surface area contributed by atoms with Crippen molar-refractivity contribution in [3.8, 4) is 0 Å². The molecule has 1 aromatic heterocycles. The molecule has 0 saturated heterocycles. The van der Waals surface area contributed by atoms with E-state index in [1.165, 1.54) is 5.56 Å². The van der Waals surface area contributed by atoms with Crippen molar-refractivity contribution in [3.05, 3.63) is 54.1 Å². The predicted octanol–water partition coefficient (Wildman–Crippen LogP) is 2.51. The SMILES string of the molecule is CCNc1cccc(N(CCO)Cc2ccccc2)n1. The van der Waals surface area contributed by atoms with Crippen LogP contribution in [-0.4, -0.2) is 29.8 Å². The summed E-state index contributed by atoms with van der Waals surface area (Å²) in [6.07, 6.45) is 0. The van der Waals surface area contributed by atoms with Crippen molar-refractivity contribution in [2.75, 3.05) is 29.9 Å². The molecule has 0 unspecified atom stereocenters. The quantitative estimate of drug-likeness (QED) is 0.812. The van der Waals surface area contributed by atoms with Crippen molar-refractivity contribution in [1.82, 2.24) is 4.98 Å². The molecule has 1 heterocycles. The highest BCUT2D eigenvalue weighted by Crippen LogP contribution is 2.16. The molecule has 20 heavy (non-hydrogen) atoms. The average molecular weight is 271 g/mol. The van der Waals surface area contributed by atoms with Crippen LogP contribution in [0, 0.1) is 0 Å². The lowest BCUT2D eigenvalue weighted by Gasteiger charge is -2.23. The van der Waals surface area contributed by atoms with Crippen LogP contribution >= 0.6 is 0 Å². The zero-order valence-corrected chi connectivity index (χ0v) is 11.8. The summed E-state index contributed by atoms with van der Waals surface area (Å²) in [7, 11) is 0. The third kappa shape index (κ3) is 3.96. The molecule has 0 spiro atoms. The highest BCUT2D eigenvalue weighted by atomic mass is 16.3. The van der Waals surface area contributed by atoms with Gasteiger partial charge in [0, 0.05) is 19.6 Å². The van der Waals surface area contributed by atoms with E-state index in [2.05, 4.69) is 27.3 Å². The van der Waals surface area contributed by atoms with Gasteiger partial charge in [0.25, 0.3) is 0 Å². The molecule has 1 aromatic carbocycles. The van der Waals surface area contributed by atoms with Crippen LogP contribution in [0.1, 0.15) is 12.5 Å². The summed E-state index contributed by atoms with van der Waals surface area (Å²) < 4.78 is 0. The predicted molar refractivity (Wildman–Crippen MR) is 83.0 cm³/mol. The van der Waals surface area contributed by atoms with Gasteiger partial charge in [0.15, 0.2) is 0 Å². The Kier molecular flexibility index (Phi) is 5.38. The normalized spacial score (nSPS) is 10.3. The summed E-state index contributed by atoms with van der Waals surface area (Å²) in [4.78, 5) is 6.66. The molecule has 0 saturated carbocycles. The molecule has 0 aliphatic heterocycles. The minimum absolute atomic E-state index is 0.111. The van der Waals surface area contributed by atoms with E-state index in [1.807, 2.05) is 43.3 Å². The first-order chi connectivity index (χ1) is 9.83. The van der Waals surface area contributed by atoms with Crippen molar-refractivity contribution in [2.24, 2.45) is 0 Å². The highest BCUT2D eigenvalue weighted by molar-refractivity contribution is 5.47. The van der Waals surface area contributed by atoms with Crippen molar-refractivity contribution >= 4 is 11.6 Å². The van der Waals surface area contributed by atoms with Gasteiger partial charge < -0.3 is 15.3 Å². The number of pyridine rings is 1. The van der Waals surface area contributed by atoms with E-state index < -0.39 is 0 Å². The first-order valence-corrected chi connectivity index (χ1v) is 6.94. The van der Waals surface area contributed by atoms with Crippen molar-refractivity contribution in [3.63, 3.8) is 0 Å². The van der Waals surface area contributed by atoms with Gasteiger partial charge in [-0.1, -0.05) is 36.4 Å². The summed E-state index contributed by atoms with van der Waals surface area (Å²) in [6.45, 7) is 4.31. The maximum absolute atomic E-state index is 9.26. The van der Waals surface area contributed by atoms with Gasteiger partial charge in [-0.15, -0.1) is 0 Å². The molecule has 2 aromatic rings. The van der Waals surface area contributed by atoms with Gasteiger partial charge in [-0.05, 0) is 24.6 Å². The van der Waals surface area contributed by atoms with E-state index in [1.54, 1.807) is 0 Å². The van der Waals surface area contributed by atoms with Crippen LogP contribution in [-0.2, 0) is 6.54 Å². The number of hydrogen-bond donors (Lipinski definition) is 2. The largest absolute Gasteiger partial charge is 0.395 e. The van der Waals surface area contributed by atoms with E-state index in [9.17, 15) is 5.11 Å². The number of rotatable bonds is 7. The molecule has 0 radical (unpaired) electrons. The fourth-order valence-corrected chi connectivity index (χ4v) is 2.08. The number of nitrogens with zero attached hydrogens (tertiary/aromatic N) is 2. The van der Waals surface area contributed by atoms with Crippen LogP contribution in [0.25, 0.3) is 0 Å². The molecule has 4 heteroatoms.